The quantitative estimate of drug-likeness (QED) is 0.658. The molecule has 0 unspecified atom stereocenters. The zero-order valence-electron chi connectivity index (χ0n) is 11.7. The van der Waals surface area contributed by atoms with Crippen molar-refractivity contribution in [2.24, 2.45) is 0 Å². The topological polar surface area (TPSA) is 64.9 Å². The third-order valence-electron chi connectivity index (χ3n) is 2.89. The van der Waals surface area contributed by atoms with Gasteiger partial charge in [-0.1, -0.05) is 30.3 Å². The Morgan fingerprint density at radius 1 is 1.14 bits per heavy atom. The van der Waals surface area contributed by atoms with Crippen LogP contribution < -0.4 is 10.6 Å². The van der Waals surface area contributed by atoms with E-state index in [1.807, 2.05) is 36.4 Å². The second kappa shape index (κ2) is 7.60. The zero-order valence-corrected chi connectivity index (χ0v) is 11.7. The van der Waals surface area contributed by atoms with Gasteiger partial charge in [0.05, 0.1) is 0 Å². The van der Waals surface area contributed by atoms with Crippen molar-refractivity contribution in [3.05, 3.63) is 77.8 Å². The Kier molecular flexibility index (Phi) is 5.27. The molecule has 0 aliphatic heterocycles. The van der Waals surface area contributed by atoms with Crippen LogP contribution in [-0.2, 0) is 11.3 Å². The summed E-state index contributed by atoms with van der Waals surface area (Å²) in [5.41, 5.74) is 1.48. The van der Waals surface area contributed by atoms with Crippen LogP contribution in [0.3, 0.4) is 0 Å². The first-order valence-corrected chi connectivity index (χ1v) is 6.63. The van der Waals surface area contributed by atoms with Gasteiger partial charge in [-0.25, -0.2) is 4.39 Å². The number of benzene rings is 2. The van der Waals surface area contributed by atoms with E-state index in [1.54, 1.807) is 0 Å². The van der Waals surface area contributed by atoms with Crippen LogP contribution in [-0.4, -0.2) is 5.91 Å². The zero-order chi connectivity index (χ0) is 15.8. The highest BCUT2D eigenvalue weighted by molar-refractivity contribution is 5.97. The van der Waals surface area contributed by atoms with Crippen LogP contribution >= 0.6 is 0 Å². The van der Waals surface area contributed by atoms with Crippen molar-refractivity contribution < 1.29 is 9.18 Å². The minimum absolute atomic E-state index is 0.0553. The first kappa shape index (κ1) is 15.3. The van der Waals surface area contributed by atoms with Crippen LogP contribution in [0.15, 0.2) is 66.4 Å². The van der Waals surface area contributed by atoms with E-state index in [-0.39, 0.29) is 11.4 Å². The predicted octanol–water partition coefficient (Wildman–Crippen LogP) is 2.96. The lowest BCUT2D eigenvalue weighted by Crippen LogP contribution is -2.24. The van der Waals surface area contributed by atoms with E-state index in [1.165, 1.54) is 30.5 Å². The molecule has 2 N–H and O–H groups in total. The first-order valence-electron chi connectivity index (χ1n) is 6.63. The average molecular weight is 295 g/mol. The van der Waals surface area contributed by atoms with Crippen LogP contribution in [0.2, 0.25) is 0 Å². The molecule has 2 rings (SSSR count). The minimum Gasteiger partial charge on any atom is -0.360 e. The fourth-order valence-corrected chi connectivity index (χ4v) is 1.72. The van der Waals surface area contributed by atoms with Gasteiger partial charge in [-0.05, 0) is 29.8 Å². The van der Waals surface area contributed by atoms with Crippen LogP contribution in [0.4, 0.5) is 10.1 Å². The minimum atomic E-state index is -0.471. The number of nitrogens with zero attached hydrogens (tertiary/aromatic N) is 1. The monoisotopic (exact) mass is 295 g/mol. The van der Waals surface area contributed by atoms with E-state index >= 15 is 0 Å². The molecule has 0 heterocycles. The molecule has 0 spiro atoms. The summed E-state index contributed by atoms with van der Waals surface area (Å²) in [5.74, 6) is -0.823. The molecule has 0 aliphatic rings. The van der Waals surface area contributed by atoms with E-state index < -0.39 is 5.91 Å². The van der Waals surface area contributed by atoms with Crippen molar-refractivity contribution in [1.29, 1.82) is 5.26 Å². The first-order chi connectivity index (χ1) is 10.7. The molecule has 0 bridgehead atoms. The van der Waals surface area contributed by atoms with E-state index in [0.717, 1.165) is 5.56 Å². The van der Waals surface area contributed by atoms with Crippen LogP contribution in [0, 0.1) is 17.1 Å². The Bertz CT molecular complexity index is 703. The second-order valence-corrected chi connectivity index (χ2v) is 4.49. The number of nitriles is 1. The van der Waals surface area contributed by atoms with Gasteiger partial charge in [0.15, 0.2) is 0 Å². The molecule has 0 saturated heterocycles. The fourth-order valence-electron chi connectivity index (χ4n) is 1.72. The number of nitrogens with one attached hydrogen (secondary N) is 2. The summed E-state index contributed by atoms with van der Waals surface area (Å²) >= 11 is 0. The Labute approximate surface area is 127 Å². The van der Waals surface area contributed by atoms with Crippen LogP contribution in [0.5, 0.6) is 0 Å². The Hall–Kier alpha value is -3.13. The maximum atomic E-state index is 12.8. The number of carbonyl (C=O) groups excluding carboxylic acids is 1. The standard InChI is InChI=1S/C17H14FN3O/c18-15-6-8-16(9-7-15)20-12-14(10-19)17(22)21-11-13-4-2-1-3-5-13/h1-9,12,20H,11H2,(H,21,22)/b14-12+. The molecule has 0 radical (unpaired) electrons. The number of halogens is 1. The third kappa shape index (κ3) is 4.46. The molecule has 0 fully saturated rings. The van der Waals surface area contributed by atoms with Gasteiger partial charge in [-0.2, -0.15) is 5.26 Å². The number of hydrogen-bond acceptors (Lipinski definition) is 3. The van der Waals surface area contributed by atoms with Gasteiger partial charge in [0, 0.05) is 18.4 Å². The number of hydrogen-bond donors (Lipinski definition) is 2. The Morgan fingerprint density at radius 2 is 1.82 bits per heavy atom. The van der Waals surface area contributed by atoms with Gasteiger partial charge in [0.25, 0.3) is 5.91 Å². The summed E-state index contributed by atoms with van der Waals surface area (Å²) in [6, 6.07) is 16.8. The molecule has 2 aromatic carbocycles. The molecule has 110 valence electrons. The van der Waals surface area contributed by atoms with Crippen molar-refractivity contribution in [2.45, 2.75) is 6.54 Å². The van der Waals surface area contributed by atoms with Crippen molar-refractivity contribution in [2.75, 3.05) is 5.32 Å². The largest absolute Gasteiger partial charge is 0.360 e. The van der Waals surface area contributed by atoms with Crippen molar-refractivity contribution in [1.82, 2.24) is 5.32 Å². The number of carbonyl (C=O) groups is 1. The van der Waals surface area contributed by atoms with Crippen molar-refractivity contribution in [3.8, 4) is 6.07 Å². The maximum absolute atomic E-state index is 12.8. The number of amides is 1. The SMILES string of the molecule is N#C/C(=C\Nc1ccc(F)cc1)C(=O)NCc1ccccc1. The summed E-state index contributed by atoms with van der Waals surface area (Å²) in [7, 11) is 0. The van der Waals surface area contributed by atoms with Crippen molar-refractivity contribution in [3.63, 3.8) is 0 Å². The second-order valence-electron chi connectivity index (χ2n) is 4.49. The fraction of sp³-hybridized carbons (Fsp3) is 0.0588. The van der Waals surface area contributed by atoms with Gasteiger partial charge in [-0.3, -0.25) is 4.79 Å². The predicted molar refractivity (Wildman–Crippen MR) is 82.0 cm³/mol. The molecule has 0 aliphatic carbocycles. The van der Waals surface area contributed by atoms with E-state index in [9.17, 15) is 9.18 Å². The molecule has 22 heavy (non-hydrogen) atoms. The average Bonchev–Trinajstić information content (AvgIpc) is 2.56. The lowest BCUT2D eigenvalue weighted by molar-refractivity contribution is -0.117. The van der Waals surface area contributed by atoms with Gasteiger partial charge in [0.1, 0.15) is 17.5 Å². The molecular weight excluding hydrogens is 281 g/mol. The molecule has 5 heteroatoms. The molecule has 0 saturated carbocycles. The summed E-state index contributed by atoms with van der Waals surface area (Å²) < 4.78 is 12.8. The Balaban J connectivity index is 1.95. The van der Waals surface area contributed by atoms with Gasteiger partial charge in [0.2, 0.25) is 0 Å². The highest BCUT2D eigenvalue weighted by Gasteiger charge is 2.08. The molecular formula is C17H14FN3O. The maximum Gasteiger partial charge on any atom is 0.263 e. The lowest BCUT2D eigenvalue weighted by Gasteiger charge is -2.05. The molecule has 0 atom stereocenters. The molecule has 1 amide bonds. The molecule has 2 aromatic rings. The van der Waals surface area contributed by atoms with Gasteiger partial charge in [-0.15, -0.1) is 0 Å². The van der Waals surface area contributed by atoms with Crippen molar-refractivity contribution >= 4 is 11.6 Å². The normalized spacial score (nSPS) is 10.6. The molecule has 0 aromatic heterocycles. The highest BCUT2D eigenvalue weighted by Crippen LogP contribution is 2.09. The lowest BCUT2D eigenvalue weighted by atomic mass is 10.2. The summed E-state index contributed by atoms with van der Waals surface area (Å²) in [5, 5.41) is 14.5. The Morgan fingerprint density at radius 3 is 2.45 bits per heavy atom. The molecule has 4 nitrogen and oxygen atoms in total. The summed E-state index contributed by atoms with van der Waals surface area (Å²) in [4.78, 5) is 11.9. The van der Waals surface area contributed by atoms with Crippen LogP contribution in [0.1, 0.15) is 5.56 Å². The van der Waals surface area contributed by atoms with Crippen LogP contribution in [0.25, 0.3) is 0 Å². The highest BCUT2D eigenvalue weighted by atomic mass is 19.1. The van der Waals surface area contributed by atoms with E-state index in [4.69, 9.17) is 5.26 Å². The van der Waals surface area contributed by atoms with E-state index in [2.05, 4.69) is 10.6 Å². The summed E-state index contributed by atoms with van der Waals surface area (Å²) in [6.07, 6.45) is 1.30. The third-order valence-corrected chi connectivity index (χ3v) is 2.89. The van der Waals surface area contributed by atoms with E-state index in [0.29, 0.717) is 12.2 Å². The smallest absolute Gasteiger partial charge is 0.263 e. The van der Waals surface area contributed by atoms with Gasteiger partial charge >= 0.3 is 0 Å². The number of anilines is 1. The number of rotatable bonds is 5. The summed E-state index contributed by atoms with van der Waals surface area (Å²) in [6.45, 7) is 0.343. The van der Waals surface area contributed by atoms with Gasteiger partial charge < -0.3 is 10.6 Å².